The fourth-order valence-electron chi connectivity index (χ4n) is 4.50. The standard InChI is InChI=1S/C32H60N4O9/c1-26(31(42)34-20-22-44-23-24-45-25-29(39)33-19-21-37)36-32(43)27(2)35-28(38)17-15-13-11-9-7-5-3-4-6-8-10-12-14-16-18-30(40)41/h26-27,37H,3-25H2,1-2H3,(H,33,39)(H,34,42)(H,35,38)(H,36,43)(H,40,41)/t26?,27-/m0/s1. The number of unbranched alkanes of at least 4 members (excludes halogenated alkanes) is 13. The normalized spacial score (nSPS) is 12.2. The van der Waals surface area contributed by atoms with Crippen LogP contribution >= 0.6 is 0 Å². The minimum Gasteiger partial charge on any atom is -0.481 e. The second-order valence-corrected chi connectivity index (χ2v) is 11.4. The van der Waals surface area contributed by atoms with E-state index in [1.54, 1.807) is 13.8 Å². The Hall–Kier alpha value is -2.77. The molecule has 0 fully saturated rings. The third-order valence-corrected chi connectivity index (χ3v) is 7.15. The number of rotatable bonds is 31. The predicted molar refractivity (Wildman–Crippen MR) is 171 cm³/mol. The lowest BCUT2D eigenvalue weighted by Crippen LogP contribution is -2.51. The first kappa shape index (κ1) is 42.2. The summed E-state index contributed by atoms with van der Waals surface area (Å²) >= 11 is 0. The van der Waals surface area contributed by atoms with E-state index in [4.69, 9.17) is 19.7 Å². The van der Waals surface area contributed by atoms with Crippen LogP contribution in [0.4, 0.5) is 0 Å². The zero-order chi connectivity index (χ0) is 33.5. The summed E-state index contributed by atoms with van der Waals surface area (Å²) in [7, 11) is 0. The number of aliphatic carboxylic acids is 1. The molecule has 0 aliphatic carbocycles. The van der Waals surface area contributed by atoms with Crippen molar-refractivity contribution in [3.8, 4) is 0 Å². The first-order valence-corrected chi connectivity index (χ1v) is 16.8. The van der Waals surface area contributed by atoms with Gasteiger partial charge in [0, 0.05) is 25.9 Å². The van der Waals surface area contributed by atoms with Crippen molar-refractivity contribution in [3.05, 3.63) is 0 Å². The molecule has 13 nitrogen and oxygen atoms in total. The maximum atomic E-state index is 12.4. The summed E-state index contributed by atoms with van der Waals surface area (Å²) < 4.78 is 10.5. The van der Waals surface area contributed by atoms with Gasteiger partial charge in [-0.05, 0) is 26.7 Å². The molecule has 6 N–H and O–H groups in total. The molecule has 13 heteroatoms. The number of aliphatic hydroxyl groups excluding tert-OH is 1. The second-order valence-electron chi connectivity index (χ2n) is 11.4. The first-order chi connectivity index (χ1) is 21.7. The third-order valence-electron chi connectivity index (χ3n) is 7.15. The molecule has 0 aromatic heterocycles. The molecule has 0 aliphatic rings. The summed E-state index contributed by atoms with van der Waals surface area (Å²) in [6.45, 7) is 4.00. The molecule has 0 aliphatic heterocycles. The van der Waals surface area contributed by atoms with Crippen LogP contribution in [0, 0.1) is 0 Å². The maximum Gasteiger partial charge on any atom is 0.303 e. The van der Waals surface area contributed by atoms with E-state index >= 15 is 0 Å². The van der Waals surface area contributed by atoms with Gasteiger partial charge < -0.3 is 41.0 Å². The zero-order valence-corrected chi connectivity index (χ0v) is 27.7. The number of hydrogen-bond acceptors (Lipinski definition) is 8. The van der Waals surface area contributed by atoms with Gasteiger partial charge in [0.1, 0.15) is 18.7 Å². The van der Waals surface area contributed by atoms with Crippen LogP contribution in [0.5, 0.6) is 0 Å². The quantitative estimate of drug-likeness (QED) is 0.0616. The van der Waals surface area contributed by atoms with Crippen molar-refractivity contribution in [2.45, 2.75) is 129 Å². The van der Waals surface area contributed by atoms with Gasteiger partial charge in [-0.1, -0.05) is 77.0 Å². The second kappa shape index (κ2) is 29.9. The average Bonchev–Trinajstić information content (AvgIpc) is 3.00. The van der Waals surface area contributed by atoms with Crippen molar-refractivity contribution in [3.63, 3.8) is 0 Å². The zero-order valence-electron chi connectivity index (χ0n) is 27.7. The average molecular weight is 645 g/mol. The van der Waals surface area contributed by atoms with Crippen LogP contribution in [0.1, 0.15) is 117 Å². The molecule has 0 bridgehead atoms. The Balaban J connectivity index is 3.68. The minimum absolute atomic E-state index is 0.124. The monoisotopic (exact) mass is 644 g/mol. The van der Waals surface area contributed by atoms with Gasteiger partial charge in [0.25, 0.3) is 0 Å². The van der Waals surface area contributed by atoms with E-state index in [0.717, 1.165) is 44.9 Å². The first-order valence-electron chi connectivity index (χ1n) is 16.8. The molecule has 0 saturated heterocycles. The van der Waals surface area contributed by atoms with Crippen LogP contribution in [-0.4, -0.2) is 98.0 Å². The summed E-state index contributed by atoms with van der Waals surface area (Å²) in [6.07, 6.45) is 16.2. The number of hydrogen-bond donors (Lipinski definition) is 6. The summed E-state index contributed by atoms with van der Waals surface area (Å²) in [5, 5.41) is 27.7. The molecule has 0 rings (SSSR count). The topological polar surface area (TPSA) is 192 Å². The summed E-state index contributed by atoms with van der Waals surface area (Å²) in [4.78, 5) is 58.7. The van der Waals surface area contributed by atoms with Gasteiger partial charge >= 0.3 is 5.97 Å². The lowest BCUT2D eigenvalue weighted by atomic mass is 10.0. The van der Waals surface area contributed by atoms with Gasteiger partial charge in [-0.25, -0.2) is 0 Å². The van der Waals surface area contributed by atoms with Crippen LogP contribution in [-0.2, 0) is 33.4 Å². The van der Waals surface area contributed by atoms with E-state index in [2.05, 4.69) is 21.3 Å². The van der Waals surface area contributed by atoms with Crippen molar-refractivity contribution in [2.75, 3.05) is 46.1 Å². The van der Waals surface area contributed by atoms with E-state index in [0.29, 0.717) is 6.42 Å². The Morgan fingerprint density at radius 2 is 1.04 bits per heavy atom. The molecule has 2 atom stereocenters. The Kier molecular flexibility index (Phi) is 28.1. The van der Waals surface area contributed by atoms with Crippen molar-refractivity contribution in [1.82, 2.24) is 21.3 Å². The van der Waals surface area contributed by atoms with Crippen molar-refractivity contribution in [1.29, 1.82) is 0 Å². The fraction of sp³-hybridized carbons (Fsp3) is 0.844. The molecule has 0 aromatic rings. The Morgan fingerprint density at radius 1 is 0.556 bits per heavy atom. The molecule has 262 valence electrons. The van der Waals surface area contributed by atoms with Crippen LogP contribution < -0.4 is 21.3 Å². The highest BCUT2D eigenvalue weighted by Crippen LogP contribution is 2.13. The lowest BCUT2D eigenvalue weighted by Gasteiger charge is -2.18. The molecule has 4 amide bonds. The van der Waals surface area contributed by atoms with Crippen molar-refractivity contribution in [2.24, 2.45) is 0 Å². The van der Waals surface area contributed by atoms with Crippen molar-refractivity contribution >= 4 is 29.6 Å². The molecule has 0 saturated carbocycles. The molecule has 0 spiro atoms. The predicted octanol–water partition coefficient (Wildman–Crippen LogP) is 2.58. The fourth-order valence-corrected chi connectivity index (χ4v) is 4.50. The summed E-state index contributed by atoms with van der Waals surface area (Å²) in [5.74, 6) is -2.01. The van der Waals surface area contributed by atoms with Gasteiger partial charge in [-0.15, -0.1) is 0 Å². The summed E-state index contributed by atoms with van der Waals surface area (Å²) in [5.41, 5.74) is 0. The van der Waals surface area contributed by atoms with Crippen LogP contribution in [0.25, 0.3) is 0 Å². The van der Waals surface area contributed by atoms with E-state index in [-0.39, 0.29) is 70.3 Å². The Labute approximate surface area is 269 Å². The Bertz CT molecular complexity index is 814. The van der Waals surface area contributed by atoms with E-state index < -0.39 is 24.0 Å². The van der Waals surface area contributed by atoms with Crippen LogP contribution in [0.15, 0.2) is 0 Å². The molecule has 1 unspecified atom stereocenters. The number of nitrogens with one attached hydrogen (secondary N) is 4. The van der Waals surface area contributed by atoms with E-state index in [1.165, 1.54) is 44.9 Å². The highest BCUT2D eigenvalue weighted by molar-refractivity contribution is 5.91. The minimum atomic E-state index is -0.778. The van der Waals surface area contributed by atoms with Gasteiger partial charge in [-0.3, -0.25) is 24.0 Å². The van der Waals surface area contributed by atoms with Crippen LogP contribution in [0.2, 0.25) is 0 Å². The molecular weight excluding hydrogens is 584 g/mol. The molecule has 0 radical (unpaired) electrons. The lowest BCUT2D eigenvalue weighted by molar-refractivity contribution is -0.137. The summed E-state index contributed by atoms with van der Waals surface area (Å²) in [6, 6.07) is -1.53. The van der Waals surface area contributed by atoms with E-state index in [9.17, 15) is 24.0 Å². The Morgan fingerprint density at radius 3 is 1.58 bits per heavy atom. The highest BCUT2D eigenvalue weighted by Gasteiger charge is 2.20. The number of carboxylic acid groups (broad SMARTS) is 1. The largest absolute Gasteiger partial charge is 0.481 e. The SMILES string of the molecule is CC(NC(=O)[C@H](C)NC(=O)CCCCCCCCCCCCCCCCC(=O)O)C(=O)NCCOCCOCC(=O)NCCO. The molecular formula is C32H60N4O9. The number of carboxylic acids is 1. The van der Waals surface area contributed by atoms with Gasteiger partial charge in [0.05, 0.1) is 26.4 Å². The molecule has 45 heavy (non-hydrogen) atoms. The van der Waals surface area contributed by atoms with Gasteiger partial charge in [-0.2, -0.15) is 0 Å². The van der Waals surface area contributed by atoms with Crippen LogP contribution in [0.3, 0.4) is 0 Å². The number of carbonyl (C=O) groups is 5. The number of carbonyl (C=O) groups excluding carboxylic acids is 4. The van der Waals surface area contributed by atoms with Gasteiger partial charge in [0.2, 0.25) is 23.6 Å². The third kappa shape index (κ3) is 28.4. The highest BCUT2D eigenvalue weighted by atomic mass is 16.5. The van der Waals surface area contributed by atoms with Crippen molar-refractivity contribution < 1.29 is 43.7 Å². The number of amides is 4. The maximum absolute atomic E-state index is 12.4. The number of aliphatic hydroxyl groups is 1. The molecule has 0 aromatic carbocycles. The smallest absolute Gasteiger partial charge is 0.303 e. The number of ether oxygens (including phenoxy) is 2. The van der Waals surface area contributed by atoms with E-state index in [1.807, 2.05) is 0 Å². The molecule has 0 heterocycles. The van der Waals surface area contributed by atoms with Gasteiger partial charge in [0.15, 0.2) is 0 Å².